The third-order valence-electron chi connectivity index (χ3n) is 4.78. The molecule has 0 saturated carbocycles. The molecule has 0 spiro atoms. The molecule has 33 heavy (non-hydrogen) atoms. The van der Waals surface area contributed by atoms with Gasteiger partial charge in [0.1, 0.15) is 17.1 Å². The summed E-state index contributed by atoms with van der Waals surface area (Å²) in [6.45, 7) is 0. The predicted octanol–water partition coefficient (Wildman–Crippen LogP) is 2.14. The standard InChI is InChI=1S/C18H16Cl2N6O4S3/c1-25-18(22-23-24-25)33-6-8-5-32-16-13(15(28)26(16)14(8)17(29)30)21-12(27)7-31-11-4-9(19)2-3-10(11)20/h2-4,13,16H,5-7H2,1H3,(H,21,27)(H,29,30)/t13-,16-/m1/s1. The van der Waals surface area contributed by atoms with Crippen LogP contribution in [-0.4, -0.2) is 76.7 Å². The number of aliphatic carboxylic acids is 1. The zero-order valence-electron chi connectivity index (χ0n) is 16.9. The number of hydrogen-bond donors (Lipinski definition) is 2. The van der Waals surface area contributed by atoms with Gasteiger partial charge in [-0.1, -0.05) is 35.0 Å². The Labute approximate surface area is 210 Å². The normalized spacial score (nSPS) is 19.8. The summed E-state index contributed by atoms with van der Waals surface area (Å²) in [7, 11) is 1.69. The monoisotopic (exact) mass is 546 g/mol. The molecule has 0 radical (unpaired) electrons. The Morgan fingerprint density at radius 2 is 2.12 bits per heavy atom. The van der Waals surface area contributed by atoms with E-state index in [9.17, 15) is 19.5 Å². The van der Waals surface area contributed by atoms with E-state index in [1.165, 1.54) is 44.9 Å². The second kappa shape index (κ2) is 10.1. The number of carboxylic acid groups (broad SMARTS) is 1. The van der Waals surface area contributed by atoms with E-state index < -0.39 is 23.3 Å². The van der Waals surface area contributed by atoms with Crippen molar-refractivity contribution in [3.8, 4) is 0 Å². The van der Waals surface area contributed by atoms with Crippen LogP contribution in [-0.2, 0) is 21.4 Å². The molecule has 10 nitrogen and oxygen atoms in total. The largest absolute Gasteiger partial charge is 0.477 e. The Morgan fingerprint density at radius 1 is 1.33 bits per heavy atom. The Balaban J connectivity index is 1.39. The van der Waals surface area contributed by atoms with Gasteiger partial charge in [-0.3, -0.25) is 14.5 Å². The number of carbonyl (C=O) groups excluding carboxylic acids is 2. The fraction of sp³-hybridized carbons (Fsp3) is 0.333. The minimum atomic E-state index is -1.18. The lowest BCUT2D eigenvalue weighted by molar-refractivity contribution is -0.150. The zero-order valence-corrected chi connectivity index (χ0v) is 20.9. The number of nitrogens with one attached hydrogen (secondary N) is 1. The topological polar surface area (TPSA) is 130 Å². The zero-order chi connectivity index (χ0) is 23.7. The van der Waals surface area contributed by atoms with Gasteiger partial charge >= 0.3 is 5.97 Å². The first-order chi connectivity index (χ1) is 15.8. The van der Waals surface area contributed by atoms with E-state index in [4.69, 9.17) is 23.2 Å². The summed E-state index contributed by atoms with van der Waals surface area (Å²) in [5, 5.41) is 24.7. The summed E-state index contributed by atoms with van der Waals surface area (Å²) < 4.78 is 1.49. The number of tetrazole rings is 1. The predicted molar refractivity (Wildman–Crippen MR) is 126 cm³/mol. The molecule has 1 fully saturated rings. The van der Waals surface area contributed by atoms with Crippen LogP contribution < -0.4 is 5.32 Å². The molecule has 0 unspecified atom stereocenters. The number of thioether (sulfide) groups is 3. The fourth-order valence-corrected chi connectivity index (χ4v) is 6.87. The van der Waals surface area contributed by atoms with Crippen molar-refractivity contribution in [2.75, 3.05) is 17.3 Å². The van der Waals surface area contributed by atoms with Crippen LogP contribution in [0.15, 0.2) is 39.5 Å². The minimum absolute atomic E-state index is 0.0382. The highest BCUT2D eigenvalue weighted by Crippen LogP contribution is 2.41. The van der Waals surface area contributed by atoms with Gasteiger partial charge in [0.2, 0.25) is 11.1 Å². The first-order valence-corrected chi connectivity index (χ1v) is 13.2. The molecule has 15 heteroatoms. The van der Waals surface area contributed by atoms with Crippen LogP contribution in [0.4, 0.5) is 0 Å². The average molecular weight is 547 g/mol. The van der Waals surface area contributed by atoms with Crippen LogP contribution in [0.2, 0.25) is 10.0 Å². The van der Waals surface area contributed by atoms with Gasteiger partial charge in [0.05, 0.1) is 10.8 Å². The van der Waals surface area contributed by atoms with Gasteiger partial charge < -0.3 is 10.4 Å². The second-order valence-corrected chi connectivity index (χ2v) is 10.9. The Kier molecular flexibility index (Phi) is 7.43. The SMILES string of the molecule is Cn1nnnc1SCC1=C(C(=O)O)N2C(=O)[C@@H](NC(=O)CSc3cc(Cl)ccc3Cl)[C@H]2SC1. The van der Waals surface area contributed by atoms with E-state index in [0.717, 1.165) is 0 Å². The lowest BCUT2D eigenvalue weighted by Crippen LogP contribution is -2.70. The molecule has 3 heterocycles. The van der Waals surface area contributed by atoms with Gasteiger partial charge in [0.25, 0.3) is 5.91 Å². The number of halogens is 2. The molecule has 1 aromatic carbocycles. The molecule has 4 rings (SSSR count). The lowest BCUT2D eigenvalue weighted by atomic mass is 10.0. The quantitative estimate of drug-likeness (QED) is 0.375. The molecular weight excluding hydrogens is 531 g/mol. The number of nitrogens with zero attached hydrogens (tertiary/aromatic N) is 5. The van der Waals surface area contributed by atoms with Crippen LogP contribution in [0, 0.1) is 0 Å². The number of fused-ring (bicyclic) bond motifs is 1. The number of carboxylic acids is 1. The molecule has 2 aromatic rings. The first kappa shape index (κ1) is 24.2. The second-order valence-electron chi connectivity index (χ2n) is 6.95. The summed E-state index contributed by atoms with van der Waals surface area (Å²) in [4.78, 5) is 39.1. The van der Waals surface area contributed by atoms with Crippen molar-refractivity contribution in [1.82, 2.24) is 30.4 Å². The maximum Gasteiger partial charge on any atom is 0.352 e. The van der Waals surface area contributed by atoms with Gasteiger partial charge in [-0.05, 0) is 34.2 Å². The third kappa shape index (κ3) is 5.11. The van der Waals surface area contributed by atoms with Crippen molar-refractivity contribution in [3.05, 3.63) is 39.5 Å². The molecule has 1 aromatic heterocycles. The van der Waals surface area contributed by atoms with Crippen LogP contribution >= 0.6 is 58.5 Å². The number of carbonyl (C=O) groups is 3. The molecule has 2 atom stereocenters. The molecule has 2 N–H and O–H groups in total. The van der Waals surface area contributed by atoms with Crippen molar-refractivity contribution >= 4 is 76.3 Å². The van der Waals surface area contributed by atoms with Crippen molar-refractivity contribution in [2.24, 2.45) is 7.05 Å². The number of benzene rings is 1. The van der Waals surface area contributed by atoms with Gasteiger partial charge in [-0.2, -0.15) is 0 Å². The maximum absolute atomic E-state index is 12.8. The highest BCUT2D eigenvalue weighted by atomic mass is 35.5. The van der Waals surface area contributed by atoms with Crippen molar-refractivity contribution in [2.45, 2.75) is 21.5 Å². The lowest BCUT2D eigenvalue weighted by Gasteiger charge is -2.49. The van der Waals surface area contributed by atoms with Crippen molar-refractivity contribution < 1.29 is 19.5 Å². The van der Waals surface area contributed by atoms with Crippen molar-refractivity contribution in [3.63, 3.8) is 0 Å². The minimum Gasteiger partial charge on any atom is -0.477 e. The van der Waals surface area contributed by atoms with Crippen molar-refractivity contribution in [1.29, 1.82) is 0 Å². The van der Waals surface area contributed by atoms with E-state index in [1.54, 1.807) is 25.2 Å². The Morgan fingerprint density at radius 3 is 2.82 bits per heavy atom. The van der Waals surface area contributed by atoms with Gasteiger partial charge in [0, 0.05) is 28.5 Å². The molecule has 174 valence electrons. The highest BCUT2D eigenvalue weighted by Gasteiger charge is 2.54. The molecule has 2 aliphatic rings. The number of aromatic nitrogens is 4. The van der Waals surface area contributed by atoms with Crippen LogP contribution in [0.5, 0.6) is 0 Å². The van der Waals surface area contributed by atoms with E-state index in [0.29, 0.717) is 37.2 Å². The molecule has 0 bridgehead atoms. The van der Waals surface area contributed by atoms with Crippen LogP contribution in [0.1, 0.15) is 0 Å². The summed E-state index contributed by atoms with van der Waals surface area (Å²) >= 11 is 16.0. The molecule has 2 aliphatic heterocycles. The number of aryl methyl sites for hydroxylation is 1. The number of rotatable bonds is 8. The molecular formula is C18H16Cl2N6O4S3. The maximum atomic E-state index is 12.8. The van der Waals surface area contributed by atoms with Gasteiger partial charge in [-0.25, -0.2) is 9.48 Å². The third-order valence-corrected chi connectivity index (χ3v) is 8.94. The number of hydrogen-bond acceptors (Lipinski definition) is 9. The van der Waals surface area contributed by atoms with E-state index in [2.05, 4.69) is 20.8 Å². The summed E-state index contributed by atoms with van der Waals surface area (Å²) in [5.41, 5.74) is 0.554. The first-order valence-electron chi connectivity index (χ1n) is 9.38. The summed E-state index contributed by atoms with van der Waals surface area (Å²) in [6, 6.07) is 4.17. The summed E-state index contributed by atoms with van der Waals surface area (Å²) in [6.07, 6.45) is 0. The van der Waals surface area contributed by atoms with Crippen LogP contribution in [0.25, 0.3) is 0 Å². The summed E-state index contributed by atoms with van der Waals surface area (Å²) in [5.74, 6) is -1.22. The smallest absolute Gasteiger partial charge is 0.352 e. The molecule has 2 amide bonds. The Hall–Kier alpha value is -1.93. The van der Waals surface area contributed by atoms with Gasteiger partial charge in [-0.15, -0.1) is 28.6 Å². The van der Waals surface area contributed by atoms with Gasteiger partial charge in [0.15, 0.2) is 0 Å². The average Bonchev–Trinajstić information content (AvgIpc) is 3.20. The van der Waals surface area contributed by atoms with Crippen LogP contribution in [0.3, 0.4) is 0 Å². The number of amides is 2. The number of β-lactam (4-membered cyclic amide) rings is 1. The van der Waals surface area contributed by atoms with E-state index >= 15 is 0 Å². The molecule has 1 saturated heterocycles. The van der Waals surface area contributed by atoms with E-state index in [-0.39, 0.29) is 17.4 Å². The Bertz CT molecular complexity index is 1160. The molecule has 0 aliphatic carbocycles. The highest BCUT2D eigenvalue weighted by molar-refractivity contribution is 8.01. The fourth-order valence-electron chi connectivity index (χ4n) is 3.24. The van der Waals surface area contributed by atoms with E-state index in [1.807, 2.05) is 0 Å².